The summed E-state index contributed by atoms with van der Waals surface area (Å²) in [4.78, 5) is 20.2. The molecule has 2 aromatic heterocycles. The summed E-state index contributed by atoms with van der Waals surface area (Å²) in [5.74, 6) is 7.06. The minimum atomic E-state index is -0.211. The van der Waals surface area contributed by atoms with E-state index in [0.29, 0.717) is 22.6 Å². The van der Waals surface area contributed by atoms with Gasteiger partial charge in [0.1, 0.15) is 11.6 Å². The van der Waals surface area contributed by atoms with Crippen LogP contribution < -0.4 is 17.0 Å². The third kappa shape index (κ3) is 3.17. The van der Waals surface area contributed by atoms with Gasteiger partial charge in [0, 0.05) is 17.8 Å². The molecule has 0 fully saturated rings. The van der Waals surface area contributed by atoms with Crippen molar-refractivity contribution < 1.29 is 0 Å². The highest BCUT2D eigenvalue weighted by atomic mass is 32.2. The number of nitrogens with two attached hydrogens (primary N) is 1. The van der Waals surface area contributed by atoms with Crippen molar-refractivity contribution in [2.45, 2.75) is 37.7 Å². The predicted octanol–water partition coefficient (Wildman–Crippen LogP) is 0.829. The summed E-state index contributed by atoms with van der Waals surface area (Å²) in [6.07, 6.45) is 0. The maximum absolute atomic E-state index is 11.6. The van der Waals surface area contributed by atoms with Crippen molar-refractivity contribution in [3.05, 3.63) is 28.1 Å². The second-order valence-corrected chi connectivity index (χ2v) is 5.46. The van der Waals surface area contributed by atoms with E-state index in [9.17, 15) is 4.79 Å². The van der Waals surface area contributed by atoms with Crippen molar-refractivity contribution in [3.63, 3.8) is 0 Å². The van der Waals surface area contributed by atoms with Crippen LogP contribution in [0.5, 0.6) is 0 Å². The van der Waals surface area contributed by atoms with Crippen LogP contribution in [0.1, 0.15) is 31.4 Å². The molecule has 0 spiro atoms. The molecule has 0 radical (unpaired) electrons. The normalized spacial score (nSPS) is 11.1. The highest BCUT2D eigenvalue weighted by Gasteiger charge is 2.12. The Morgan fingerprint density at radius 1 is 1.50 bits per heavy atom. The van der Waals surface area contributed by atoms with E-state index in [1.54, 1.807) is 10.6 Å². The molecule has 0 aliphatic heterocycles. The molecule has 0 aliphatic rings. The van der Waals surface area contributed by atoms with Crippen LogP contribution in [0.3, 0.4) is 0 Å². The number of anilines is 1. The van der Waals surface area contributed by atoms with Crippen LogP contribution in [-0.2, 0) is 5.75 Å². The molecule has 4 N–H and O–H groups in total. The number of nitrogens with zero attached hydrogens (tertiary/aromatic N) is 4. The molecule has 20 heavy (non-hydrogen) atoms. The topological polar surface area (TPSA) is 115 Å². The number of rotatable bonds is 5. The third-order valence-electron chi connectivity index (χ3n) is 2.57. The molecule has 0 aromatic carbocycles. The third-order valence-corrected chi connectivity index (χ3v) is 3.52. The minimum Gasteiger partial charge on any atom is -0.308 e. The molecule has 2 aromatic rings. The zero-order valence-corrected chi connectivity index (χ0v) is 12.4. The van der Waals surface area contributed by atoms with E-state index < -0.39 is 0 Å². The van der Waals surface area contributed by atoms with Crippen molar-refractivity contribution in [3.8, 4) is 0 Å². The summed E-state index contributed by atoms with van der Waals surface area (Å²) < 4.78 is 1.60. The first-order valence-electron chi connectivity index (χ1n) is 6.12. The van der Waals surface area contributed by atoms with E-state index in [-0.39, 0.29) is 11.7 Å². The lowest BCUT2D eigenvalue weighted by Gasteiger charge is -2.08. The van der Waals surface area contributed by atoms with Gasteiger partial charge in [0.25, 0.3) is 0 Å². The lowest BCUT2D eigenvalue weighted by atomic mass is 10.4. The summed E-state index contributed by atoms with van der Waals surface area (Å²) >= 11 is 1.40. The maximum Gasteiger partial charge on any atom is 0.344 e. The van der Waals surface area contributed by atoms with Crippen molar-refractivity contribution >= 4 is 17.6 Å². The Hall–Kier alpha value is -1.87. The SMILES string of the molecule is Cc1cc(NN)nc(CSc2n[nH]c(=O)n2C(C)C)n1. The number of hydrogen-bond acceptors (Lipinski definition) is 7. The van der Waals surface area contributed by atoms with E-state index in [0.717, 1.165) is 5.69 Å². The van der Waals surface area contributed by atoms with Gasteiger partial charge in [-0.15, -0.1) is 5.10 Å². The number of thioether (sulfide) groups is 1. The van der Waals surface area contributed by atoms with Gasteiger partial charge in [-0.2, -0.15) is 0 Å². The van der Waals surface area contributed by atoms with E-state index >= 15 is 0 Å². The van der Waals surface area contributed by atoms with Gasteiger partial charge in [0.05, 0.1) is 5.75 Å². The molecule has 0 amide bonds. The Labute approximate surface area is 120 Å². The zero-order chi connectivity index (χ0) is 14.7. The minimum absolute atomic E-state index is 0.0449. The van der Waals surface area contributed by atoms with Crippen LogP contribution in [0, 0.1) is 6.92 Å². The largest absolute Gasteiger partial charge is 0.344 e. The van der Waals surface area contributed by atoms with Crippen LogP contribution in [0.25, 0.3) is 0 Å². The summed E-state index contributed by atoms with van der Waals surface area (Å²) in [7, 11) is 0. The molecular weight excluding hydrogens is 278 g/mol. The highest BCUT2D eigenvalue weighted by Crippen LogP contribution is 2.20. The van der Waals surface area contributed by atoms with E-state index in [4.69, 9.17) is 5.84 Å². The van der Waals surface area contributed by atoms with Crippen LogP contribution in [0.2, 0.25) is 0 Å². The predicted molar refractivity (Wildman–Crippen MR) is 77.4 cm³/mol. The van der Waals surface area contributed by atoms with E-state index in [1.807, 2.05) is 20.8 Å². The number of H-pyrrole nitrogens is 1. The molecule has 0 atom stereocenters. The summed E-state index contributed by atoms with van der Waals surface area (Å²) in [5, 5.41) is 7.08. The lowest BCUT2D eigenvalue weighted by Crippen LogP contribution is -2.19. The second-order valence-electron chi connectivity index (χ2n) is 4.52. The van der Waals surface area contributed by atoms with Crippen LogP contribution in [-0.4, -0.2) is 24.7 Å². The number of nitrogen functional groups attached to an aromatic ring is 1. The van der Waals surface area contributed by atoms with Crippen molar-refractivity contribution in [1.82, 2.24) is 24.7 Å². The van der Waals surface area contributed by atoms with Crippen molar-refractivity contribution in [1.29, 1.82) is 0 Å². The Balaban J connectivity index is 2.17. The molecule has 9 heteroatoms. The van der Waals surface area contributed by atoms with Gasteiger partial charge in [-0.3, -0.25) is 4.57 Å². The second kappa shape index (κ2) is 6.06. The summed E-state index contributed by atoms with van der Waals surface area (Å²) in [6.45, 7) is 5.73. The fraction of sp³-hybridized carbons (Fsp3) is 0.455. The molecule has 0 saturated carbocycles. The fourth-order valence-electron chi connectivity index (χ4n) is 1.75. The molecule has 2 rings (SSSR count). The number of aryl methyl sites for hydroxylation is 1. The van der Waals surface area contributed by atoms with Gasteiger partial charge in [0.2, 0.25) is 0 Å². The first-order valence-corrected chi connectivity index (χ1v) is 7.10. The molecule has 0 unspecified atom stereocenters. The standard InChI is InChI=1S/C11H17N7OS/c1-6(2)18-10(19)16-17-11(18)20-5-9-13-7(3)4-8(14-9)15-12/h4,6H,5,12H2,1-3H3,(H,16,19)(H,13,14,15). The monoisotopic (exact) mass is 295 g/mol. The van der Waals surface area contributed by atoms with Gasteiger partial charge < -0.3 is 5.43 Å². The van der Waals surface area contributed by atoms with Gasteiger partial charge in [-0.25, -0.2) is 25.7 Å². The molecule has 8 nitrogen and oxygen atoms in total. The molecule has 2 heterocycles. The Morgan fingerprint density at radius 2 is 2.25 bits per heavy atom. The number of hydrazine groups is 1. The Morgan fingerprint density at radius 3 is 2.90 bits per heavy atom. The van der Waals surface area contributed by atoms with Gasteiger partial charge in [0.15, 0.2) is 5.16 Å². The maximum atomic E-state index is 11.6. The highest BCUT2D eigenvalue weighted by molar-refractivity contribution is 7.98. The van der Waals surface area contributed by atoms with E-state index in [2.05, 4.69) is 25.6 Å². The van der Waals surface area contributed by atoms with Crippen LogP contribution in [0.15, 0.2) is 16.0 Å². The number of hydrogen-bond donors (Lipinski definition) is 3. The first kappa shape index (κ1) is 14.5. The quantitative estimate of drug-likeness (QED) is 0.425. The van der Waals surface area contributed by atoms with Gasteiger partial charge >= 0.3 is 5.69 Å². The Bertz CT molecular complexity index is 648. The Kier molecular flexibility index (Phi) is 4.40. The van der Waals surface area contributed by atoms with Crippen molar-refractivity contribution in [2.24, 2.45) is 5.84 Å². The smallest absolute Gasteiger partial charge is 0.308 e. The molecule has 108 valence electrons. The lowest BCUT2D eigenvalue weighted by molar-refractivity contribution is 0.534. The summed E-state index contributed by atoms with van der Waals surface area (Å²) in [5.41, 5.74) is 3.12. The van der Waals surface area contributed by atoms with E-state index in [1.165, 1.54) is 11.8 Å². The van der Waals surface area contributed by atoms with Crippen molar-refractivity contribution in [2.75, 3.05) is 5.43 Å². The average Bonchev–Trinajstić information content (AvgIpc) is 2.77. The average molecular weight is 295 g/mol. The molecule has 0 bridgehead atoms. The number of nitrogens with one attached hydrogen (secondary N) is 2. The van der Waals surface area contributed by atoms with Crippen LogP contribution >= 0.6 is 11.8 Å². The number of aromatic amines is 1. The molecule has 0 aliphatic carbocycles. The van der Waals surface area contributed by atoms with Crippen LogP contribution in [0.4, 0.5) is 5.82 Å². The number of aromatic nitrogens is 5. The molecule has 0 saturated heterocycles. The summed E-state index contributed by atoms with van der Waals surface area (Å²) in [6, 6.07) is 1.80. The van der Waals surface area contributed by atoms with Gasteiger partial charge in [-0.1, -0.05) is 11.8 Å². The zero-order valence-electron chi connectivity index (χ0n) is 11.5. The fourth-order valence-corrected chi connectivity index (χ4v) is 2.68. The molecular formula is C11H17N7OS. The first-order chi connectivity index (χ1) is 9.51. The van der Waals surface area contributed by atoms with Gasteiger partial charge in [-0.05, 0) is 20.8 Å².